The van der Waals surface area contributed by atoms with Crippen LogP contribution in [0.2, 0.25) is 0 Å². The highest BCUT2D eigenvalue weighted by atomic mass is 16.5. The number of hydrogen-bond acceptors (Lipinski definition) is 4. The van der Waals surface area contributed by atoms with E-state index < -0.39 is 12.0 Å². The van der Waals surface area contributed by atoms with Gasteiger partial charge in [-0.05, 0) is 33.1 Å². The summed E-state index contributed by atoms with van der Waals surface area (Å²) in [7, 11) is 0. The van der Waals surface area contributed by atoms with E-state index in [0.717, 1.165) is 25.8 Å². The second kappa shape index (κ2) is 5.88. The van der Waals surface area contributed by atoms with Crippen molar-refractivity contribution in [2.45, 2.75) is 51.4 Å². The van der Waals surface area contributed by atoms with Crippen molar-refractivity contribution in [2.75, 3.05) is 19.8 Å². The normalized spacial score (nSPS) is 29.8. The second-order valence-corrected chi connectivity index (χ2v) is 5.48. The lowest BCUT2D eigenvalue weighted by atomic mass is 10.0. The standard InChI is InChI=1S/C13H22N2O4/c1-9(2)14-6-4-3-5-11(14)15-10(13(17)18)7-19-8-12(15)16/h9-11H,3-8H2,1-2H3,(H,17,18). The Morgan fingerprint density at radius 1 is 1.42 bits per heavy atom. The zero-order valence-corrected chi connectivity index (χ0v) is 11.5. The fourth-order valence-electron chi connectivity index (χ4n) is 2.99. The Labute approximate surface area is 113 Å². The lowest BCUT2D eigenvalue weighted by Crippen LogP contribution is -2.63. The molecule has 6 nitrogen and oxygen atoms in total. The smallest absolute Gasteiger partial charge is 0.328 e. The number of hydrogen-bond donors (Lipinski definition) is 1. The van der Waals surface area contributed by atoms with Crippen molar-refractivity contribution in [3.63, 3.8) is 0 Å². The average Bonchev–Trinajstić information content (AvgIpc) is 2.38. The van der Waals surface area contributed by atoms with Gasteiger partial charge in [0.05, 0.1) is 12.8 Å². The molecular formula is C13H22N2O4. The number of carboxylic acid groups (broad SMARTS) is 1. The van der Waals surface area contributed by atoms with Crippen LogP contribution in [0.25, 0.3) is 0 Å². The van der Waals surface area contributed by atoms with Gasteiger partial charge in [0.2, 0.25) is 0 Å². The highest BCUT2D eigenvalue weighted by Crippen LogP contribution is 2.26. The second-order valence-electron chi connectivity index (χ2n) is 5.48. The van der Waals surface area contributed by atoms with Crippen LogP contribution in [0.3, 0.4) is 0 Å². The highest BCUT2D eigenvalue weighted by molar-refractivity contribution is 5.85. The maximum absolute atomic E-state index is 12.1. The SMILES string of the molecule is CC(C)N1CCCCC1N1C(=O)COCC1C(=O)O. The summed E-state index contributed by atoms with van der Waals surface area (Å²) in [6, 6.07) is -0.555. The van der Waals surface area contributed by atoms with Crippen molar-refractivity contribution in [1.82, 2.24) is 9.80 Å². The van der Waals surface area contributed by atoms with Crippen LogP contribution in [0, 0.1) is 0 Å². The van der Waals surface area contributed by atoms with Crippen LogP contribution in [-0.4, -0.2) is 64.8 Å². The van der Waals surface area contributed by atoms with Gasteiger partial charge in [-0.1, -0.05) is 0 Å². The number of aliphatic carboxylic acids is 1. The molecule has 2 aliphatic rings. The minimum Gasteiger partial charge on any atom is -0.480 e. The molecule has 0 aromatic carbocycles. The van der Waals surface area contributed by atoms with E-state index in [4.69, 9.17) is 4.74 Å². The van der Waals surface area contributed by atoms with Gasteiger partial charge >= 0.3 is 5.97 Å². The summed E-state index contributed by atoms with van der Waals surface area (Å²) >= 11 is 0. The predicted molar refractivity (Wildman–Crippen MR) is 68.6 cm³/mol. The van der Waals surface area contributed by atoms with E-state index in [1.54, 1.807) is 0 Å². The molecule has 0 saturated carbocycles. The van der Waals surface area contributed by atoms with Crippen molar-refractivity contribution in [3.05, 3.63) is 0 Å². The van der Waals surface area contributed by atoms with E-state index in [9.17, 15) is 14.7 Å². The number of likely N-dealkylation sites (tertiary alicyclic amines) is 1. The first-order chi connectivity index (χ1) is 9.02. The molecule has 0 bridgehead atoms. The molecular weight excluding hydrogens is 248 g/mol. The largest absolute Gasteiger partial charge is 0.480 e. The van der Waals surface area contributed by atoms with Gasteiger partial charge in [0, 0.05) is 12.6 Å². The molecule has 2 atom stereocenters. The topological polar surface area (TPSA) is 70.1 Å². The van der Waals surface area contributed by atoms with Gasteiger partial charge in [-0.15, -0.1) is 0 Å². The molecule has 2 heterocycles. The van der Waals surface area contributed by atoms with E-state index in [-0.39, 0.29) is 25.3 Å². The number of nitrogens with zero attached hydrogens (tertiary/aromatic N) is 2. The van der Waals surface area contributed by atoms with Crippen molar-refractivity contribution in [1.29, 1.82) is 0 Å². The Hall–Kier alpha value is -1.14. The molecule has 0 aromatic heterocycles. The molecule has 1 N–H and O–H groups in total. The van der Waals surface area contributed by atoms with Crippen molar-refractivity contribution >= 4 is 11.9 Å². The summed E-state index contributed by atoms with van der Waals surface area (Å²) in [6.07, 6.45) is 2.87. The molecule has 0 radical (unpaired) electrons. The van der Waals surface area contributed by atoms with Gasteiger partial charge in [-0.2, -0.15) is 0 Å². The molecule has 0 aliphatic carbocycles. The summed E-state index contributed by atoms with van der Waals surface area (Å²) in [4.78, 5) is 27.2. The zero-order chi connectivity index (χ0) is 14.0. The number of rotatable bonds is 3. The van der Waals surface area contributed by atoms with Crippen LogP contribution in [0.1, 0.15) is 33.1 Å². The van der Waals surface area contributed by atoms with E-state index >= 15 is 0 Å². The van der Waals surface area contributed by atoms with Crippen molar-refractivity contribution in [2.24, 2.45) is 0 Å². The van der Waals surface area contributed by atoms with Gasteiger partial charge in [-0.3, -0.25) is 9.69 Å². The first-order valence-electron chi connectivity index (χ1n) is 6.90. The Bertz CT molecular complexity index is 359. The highest BCUT2D eigenvalue weighted by Gasteiger charge is 2.42. The summed E-state index contributed by atoms with van der Waals surface area (Å²) in [5.74, 6) is -1.20. The molecule has 2 aliphatic heterocycles. The van der Waals surface area contributed by atoms with Crippen LogP contribution in [0.15, 0.2) is 0 Å². The predicted octanol–water partition coefficient (Wildman–Crippen LogP) is 0.519. The molecule has 2 saturated heterocycles. The third-order valence-corrected chi connectivity index (χ3v) is 3.91. The first-order valence-corrected chi connectivity index (χ1v) is 6.90. The number of carbonyl (C=O) groups excluding carboxylic acids is 1. The maximum Gasteiger partial charge on any atom is 0.328 e. The Morgan fingerprint density at radius 3 is 2.79 bits per heavy atom. The minimum absolute atomic E-state index is 0.00772. The third kappa shape index (κ3) is 2.90. The summed E-state index contributed by atoms with van der Waals surface area (Å²) < 4.78 is 5.08. The van der Waals surface area contributed by atoms with Crippen LogP contribution in [0.4, 0.5) is 0 Å². The summed E-state index contributed by atoms with van der Waals surface area (Å²) in [6.45, 7) is 5.16. The average molecular weight is 270 g/mol. The van der Waals surface area contributed by atoms with E-state index in [0.29, 0.717) is 6.04 Å². The maximum atomic E-state index is 12.1. The molecule has 0 aromatic rings. The van der Waals surface area contributed by atoms with E-state index in [2.05, 4.69) is 18.7 Å². The number of ether oxygens (including phenoxy) is 1. The molecule has 2 rings (SSSR count). The lowest BCUT2D eigenvalue weighted by Gasteiger charge is -2.47. The molecule has 19 heavy (non-hydrogen) atoms. The fraction of sp³-hybridized carbons (Fsp3) is 0.846. The number of carboxylic acids is 1. The molecule has 0 spiro atoms. The zero-order valence-electron chi connectivity index (χ0n) is 11.5. The van der Waals surface area contributed by atoms with Crippen molar-refractivity contribution < 1.29 is 19.4 Å². The third-order valence-electron chi connectivity index (χ3n) is 3.91. The van der Waals surface area contributed by atoms with Gasteiger partial charge in [0.25, 0.3) is 5.91 Å². The lowest BCUT2D eigenvalue weighted by molar-refractivity contribution is -0.174. The van der Waals surface area contributed by atoms with Gasteiger partial charge < -0.3 is 14.7 Å². The molecule has 108 valence electrons. The number of amides is 1. The van der Waals surface area contributed by atoms with Crippen LogP contribution in [-0.2, 0) is 14.3 Å². The number of morpholine rings is 1. The van der Waals surface area contributed by atoms with E-state index in [1.807, 2.05) is 0 Å². The molecule has 6 heteroatoms. The Morgan fingerprint density at radius 2 is 2.16 bits per heavy atom. The van der Waals surface area contributed by atoms with E-state index in [1.165, 1.54) is 4.90 Å². The first kappa shape index (κ1) is 14.3. The Balaban J connectivity index is 2.23. The quantitative estimate of drug-likeness (QED) is 0.809. The molecule has 2 fully saturated rings. The van der Waals surface area contributed by atoms with Crippen LogP contribution in [0.5, 0.6) is 0 Å². The van der Waals surface area contributed by atoms with Crippen molar-refractivity contribution in [3.8, 4) is 0 Å². The molecule has 1 amide bonds. The van der Waals surface area contributed by atoms with Crippen LogP contribution < -0.4 is 0 Å². The monoisotopic (exact) mass is 270 g/mol. The van der Waals surface area contributed by atoms with Crippen LogP contribution >= 0.6 is 0 Å². The minimum atomic E-state index is -0.984. The van der Waals surface area contributed by atoms with Gasteiger partial charge in [0.1, 0.15) is 6.61 Å². The molecule has 2 unspecified atom stereocenters. The number of carbonyl (C=O) groups is 2. The summed E-state index contributed by atoms with van der Waals surface area (Å²) in [5.41, 5.74) is 0. The Kier molecular flexibility index (Phi) is 4.42. The fourth-order valence-corrected chi connectivity index (χ4v) is 2.99. The van der Waals surface area contributed by atoms with Gasteiger partial charge in [-0.25, -0.2) is 4.79 Å². The summed E-state index contributed by atoms with van der Waals surface area (Å²) in [5, 5.41) is 9.29. The van der Waals surface area contributed by atoms with Gasteiger partial charge in [0.15, 0.2) is 6.04 Å². The number of piperidine rings is 1.